The summed E-state index contributed by atoms with van der Waals surface area (Å²) >= 11 is 0. The van der Waals surface area contributed by atoms with Crippen LogP contribution in [0.3, 0.4) is 0 Å². The summed E-state index contributed by atoms with van der Waals surface area (Å²) in [4.78, 5) is 6.95. The van der Waals surface area contributed by atoms with Gasteiger partial charge in [0.1, 0.15) is 11.6 Å². The van der Waals surface area contributed by atoms with Gasteiger partial charge in [-0.05, 0) is 19.3 Å². The summed E-state index contributed by atoms with van der Waals surface area (Å²) in [6, 6.07) is 1.59. The van der Waals surface area contributed by atoms with Crippen molar-refractivity contribution in [2.75, 3.05) is 17.7 Å². The van der Waals surface area contributed by atoms with E-state index in [0.717, 1.165) is 6.42 Å². The molecule has 7 heteroatoms. The largest absolute Gasteiger partial charge is 0.451 e. The highest BCUT2D eigenvalue weighted by atomic mass is 19.4. The Hall–Kier alpha value is -1.53. The summed E-state index contributed by atoms with van der Waals surface area (Å²) in [5.41, 5.74) is 0. The van der Waals surface area contributed by atoms with Crippen molar-refractivity contribution >= 4 is 11.6 Å². The molecule has 1 saturated carbocycles. The van der Waals surface area contributed by atoms with Gasteiger partial charge >= 0.3 is 6.18 Å². The number of alkyl halides is 3. The molecule has 0 aliphatic heterocycles. The summed E-state index contributed by atoms with van der Waals surface area (Å²) in [6.07, 6.45) is -1.15. The van der Waals surface area contributed by atoms with Crippen LogP contribution in [0, 0.1) is 5.92 Å². The second-order valence-electron chi connectivity index (χ2n) is 4.93. The van der Waals surface area contributed by atoms with Gasteiger partial charge in [0.2, 0.25) is 5.82 Å². The highest BCUT2D eigenvalue weighted by Gasteiger charge is 2.35. The van der Waals surface area contributed by atoms with E-state index in [0.29, 0.717) is 5.92 Å². The summed E-state index contributed by atoms with van der Waals surface area (Å²) in [6.45, 7) is 1.95. The Kier molecular flexibility index (Phi) is 3.82. The van der Waals surface area contributed by atoms with Crippen LogP contribution < -0.4 is 10.6 Å². The molecule has 0 radical (unpaired) electrons. The third-order valence-electron chi connectivity index (χ3n) is 3.01. The fraction of sp³-hybridized carbons (Fsp3) is 0.667. The monoisotopic (exact) mass is 274 g/mol. The van der Waals surface area contributed by atoms with E-state index < -0.39 is 12.0 Å². The Morgan fingerprint density at radius 2 is 1.95 bits per heavy atom. The topological polar surface area (TPSA) is 49.8 Å². The maximum Gasteiger partial charge on any atom is 0.451 e. The smallest absolute Gasteiger partial charge is 0.373 e. The molecule has 0 bridgehead atoms. The Labute approximate surface area is 109 Å². The molecule has 0 saturated heterocycles. The molecule has 2 N–H and O–H groups in total. The maximum absolute atomic E-state index is 12.7. The predicted molar refractivity (Wildman–Crippen MR) is 67.0 cm³/mol. The van der Waals surface area contributed by atoms with E-state index in [1.165, 1.54) is 26.0 Å². The molecule has 1 aliphatic carbocycles. The minimum Gasteiger partial charge on any atom is -0.373 e. The van der Waals surface area contributed by atoms with E-state index in [4.69, 9.17) is 0 Å². The zero-order valence-electron chi connectivity index (χ0n) is 10.9. The van der Waals surface area contributed by atoms with Gasteiger partial charge in [0.25, 0.3) is 0 Å². The van der Waals surface area contributed by atoms with Gasteiger partial charge in [-0.1, -0.05) is 12.8 Å². The zero-order chi connectivity index (χ0) is 14.0. The van der Waals surface area contributed by atoms with Gasteiger partial charge in [-0.2, -0.15) is 13.2 Å². The lowest BCUT2D eigenvalue weighted by atomic mass is 10.1. The zero-order valence-corrected chi connectivity index (χ0v) is 10.9. The Balaban J connectivity index is 2.13. The first kappa shape index (κ1) is 13.9. The maximum atomic E-state index is 12.7. The van der Waals surface area contributed by atoms with E-state index in [1.807, 2.05) is 6.92 Å². The van der Waals surface area contributed by atoms with Crippen molar-refractivity contribution in [2.24, 2.45) is 5.92 Å². The molecule has 4 nitrogen and oxygen atoms in total. The van der Waals surface area contributed by atoms with Crippen LogP contribution in [0.15, 0.2) is 6.07 Å². The van der Waals surface area contributed by atoms with Crippen LogP contribution in [0.25, 0.3) is 0 Å². The minimum atomic E-state index is -4.54. The average Bonchev–Trinajstić information content (AvgIpc) is 3.11. The number of aromatic nitrogens is 2. The molecule has 0 spiro atoms. The van der Waals surface area contributed by atoms with Crippen LogP contribution in [0.4, 0.5) is 24.8 Å². The van der Waals surface area contributed by atoms with Gasteiger partial charge in [-0.15, -0.1) is 0 Å². The highest BCUT2D eigenvalue weighted by Crippen LogP contribution is 2.34. The summed E-state index contributed by atoms with van der Waals surface area (Å²) < 4.78 is 38.0. The lowest BCUT2D eigenvalue weighted by Crippen LogP contribution is -2.19. The summed E-state index contributed by atoms with van der Waals surface area (Å²) in [5, 5.41) is 5.62. The molecule has 1 aromatic heterocycles. The number of nitrogens with zero attached hydrogens (tertiary/aromatic N) is 2. The molecule has 1 aliphatic rings. The van der Waals surface area contributed by atoms with E-state index in [1.54, 1.807) is 0 Å². The van der Waals surface area contributed by atoms with Gasteiger partial charge in [0.15, 0.2) is 0 Å². The molecule has 1 heterocycles. The average molecular weight is 274 g/mol. The third kappa shape index (κ3) is 3.97. The molecule has 2 rings (SSSR count). The number of hydrogen-bond donors (Lipinski definition) is 2. The fourth-order valence-electron chi connectivity index (χ4n) is 1.94. The normalized spacial score (nSPS) is 17.1. The first-order chi connectivity index (χ1) is 8.88. The fourth-order valence-corrected chi connectivity index (χ4v) is 1.94. The number of nitrogens with one attached hydrogen (secondary N) is 2. The lowest BCUT2D eigenvalue weighted by Gasteiger charge is -2.16. The molecular formula is C12H17F3N4. The number of rotatable bonds is 5. The van der Waals surface area contributed by atoms with Crippen molar-refractivity contribution in [1.82, 2.24) is 9.97 Å². The molecular weight excluding hydrogens is 257 g/mol. The first-order valence-corrected chi connectivity index (χ1v) is 6.29. The Bertz CT molecular complexity index is 443. The van der Waals surface area contributed by atoms with Crippen molar-refractivity contribution in [1.29, 1.82) is 0 Å². The van der Waals surface area contributed by atoms with E-state index in [9.17, 15) is 13.2 Å². The van der Waals surface area contributed by atoms with Gasteiger partial charge in [-0.25, -0.2) is 9.97 Å². The van der Waals surface area contributed by atoms with Crippen molar-refractivity contribution < 1.29 is 13.2 Å². The third-order valence-corrected chi connectivity index (χ3v) is 3.01. The van der Waals surface area contributed by atoms with Crippen molar-refractivity contribution in [3.8, 4) is 0 Å². The second kappa shape index (κ2) is 5.22. The molecule has 1 aromatic rings. The Morgan fingerprint density at radius 3 is 2.47 bits per heavy atom. The van der Waals surface area contributed by atoms with E-state index in [2.05, 4.69) is 20.6 Å². The summed E-state index contributed by atoms with van der Waals surface area (Å²) in [7, 11) is 1.53. The number of halogens is 3. The van der Waals surface area contributed by atoms with E-state index in [-0.39, 0.29) is 17.7 Å². The quantitative estimate of drug-likeness (QED) is 0.866. The lowest BCUT2D eigenvalue weighted by molar-refractivity contribution is -0.144. The summed E-state index contributed by atoms with van der Waals surface area (Å²) in [5.74, 6) is -0.0565. The van der Waals surface area contributed by atoms with E-state index >= 15 is 0 Å². The SMILES string of the molecule is CNc1cc(NC(C)CC2CC2)nc(C(F)(F)F)n1. The highest BCUT2D eigenvalue weighted by molar-refractivity contribution is 5.48. The first-order valence-electron chi connectivity index (χ1n) is 6.29. The van der Waals surface area contributed by atoms with Gasteiger partial charge in [-0.3, -0.25) is 0 Å². The van der Waals surface area contributed by atoms with Crippen LogP contribution in [-0.4, -0.2) is 23.1 Å². The molecule has 1 atom stereocenters. The van der Waals surface area contributed by atoms with Crippen LogP contribution >= 0.6 is 0 Å². The molecule has 1 fully saturated rings. The van der Waals surface area contributed by atoms with Crippen LogP contribution in [0.5, 0.6) is 0 Å². The Morgan fingerprint density at radius 1 is 1.32 bits per heavy atom. The molecule has 19 heavy (non-hydrogen) atoms. The molecule has 0 aromatic carbocycles. The molecule has 1 unspecified atom stereocenters. The standard InChI is InChI=1S/C12H17F3N4/c1-7(5-8-3-4-8)17-10-6-9(16-2)18-11(19-10)12(13,14)15/h6-8H,3-5H2,1-2H3,(H2,16,17,18,19). The minimum absolute atomic E-state index is 0.105. The second-order valence-corrected chi connectivity index (χ2v) is 4.93. The molecule has 0 amide bonds. The van der Waals surface area contributed by atoms with Crippen LogP contribution in [0.1, 0.15) is 32.0 Å². The van der Waals surface area contributed by atoms with Crippen molar-refractivity contribution in [3.63, 3.8) is 0 Å². The van der Waals surface area contributed by atoms with Gasteiger partial charge < -0.3 is 10.6 Å². The molecule has 106 valence electrons. The number of hydrogen-bond acceptors (Lipinski definition) is 4. The van der Waals surface area contributed by atoms with Crippen LogP contribution in [0.2, 0.25) is 0 Å². The predicted octanol–water partition coefficient (Wildman–Crippen LogP) is 3.14. The van der Waals surface area contributed by atoms with Crippen LogP contribution in [-0.2, 0) is 6.18 Å². The van der Waals surface area contributed by atoms with Crippen molar-refractivity contribution in [2.45, 2.75) is 38.4 Å². The van der Waals surface area contributed by atoms with Gasteiger partial charge in [0, 0.05) is 19.2 Å². The van der Waals surface area contributed by atoms with Crippen molar-refractivity contribution in [3.05, 3.63) is 11.9 Å². The van der Waals surface area contributed by atoms with Gasteiger partial charge in [0.05, 0.1) is 0 Å². The number of anilines is 2.